The van der Waals surface area contributed by atoms with E-state index in [0.717, 1.165) is 41.2 Å². The number of hydrogen-bond donors (Lipinski definition) is 0. The van der Waals surface area contributed by atoms with Crippen molar-refractivity contribution in [2.24, 2.45) is 5.92 Å². The van der Waals surface area contributed by atoms with Gasteiger partial charge in [0.1, 0.15) is 5.75 Å². The molecule has 4 rings (SSSR count). The Balaban J connectivity index is 1.52. The molecule has 1 aromatic heterocycles. The van der Waals surface area contributed by atoms with Crippen LogP contribution in [0.5, 0.6) is 5.75 Å². The van der Waals surface area contributed by atoms with Gasteiger partial charge in [0.15, 0.2) is 11.0 Å². The Morgan fingerprint density at radius 3 is 2.47 bits per heavy atom. The van der Waals surface area contributed by atoms with Gasteiger partial charge in [-0.2, -0.15) is 0 Å². The van der Waals surface area contributed by atoms with E-state index in [1.807, 2.05) is 12.1 Å². The van der Waals surface area contributed by atoms with Crippen LogP contribution in [0.4, 0.5) is 0 Å². The van der Waals surface area contributed by atoms with E-state index in [2.05, 4.69) is 90.1 Å². The molecule has 0 unspecified atom stereocenters. The summed E-state index contributed by atoms with van der Waals surface area (Å²) in [5.41, 5.74) is 2.37. The standard InChI is InChI=1S/C25H27N3OS/c1-4-28-24(20-12-14-22(15-13-20)29-16-18(2)3)26-27-25(28)30-17-21-10-7-9-19-8-5-6-11-23(19)21/h5-15,18H,4,16-17H2,1-3H3. The van der Waals surface area contributed by atoms with Gasteiger partial charge in [0.05, 0.1) is 6.61 Å². The van der Waals surface area contributed by atoms with Gasteiger partial charge in [-0.25, -0.2) is 0 Å². The van der Waals surface area contributed by atoms with Gasteiger partial charge < -0.3 is 9.30 Å². The average Bonchev–Trinajstić information content (AvgIpc) is 3.19. The number of thioether (sulfide) groups is 1. The van der Waals surface area contributed by atoms with E-state index >= 15 is 0 Å². The van der Waals surface area contributed by atoms with E-state index in [4.69, 9.17) is 4.74 Å². The number of aromatic nitrogens is 3. The van der Waals surface area contributed by atoms with Crippen molar-refractivity contribution in [2.75, 3.05) is 6.61 Å². The SMILES string of the molecule is CCn1c(SCc2cccc3ccccc23)nnc1-c1ccc(OCC(C)C)cc1. The molecule has 154 valence electrons. The number of rotatable bonds is 8. The third kappa shape index (κ3) is 4.51. The zero-order valence-electron chi connectivity index (χ0n) is 17.7. The Morgan fingerprint density at radius 2 is 1.70 bits per heavy atom. The summed E-state index contributed by atoms with van der Waals surface area (Å²) in [5.74, 6) is 3.16. The first-order valence-electron chi connectivity index (χ1n) is 10.4. The summed E-state index contributed by atoms with van der Waals surface area (Å²) in [7, 11) is 0. The summed E-state index contributed by atoms with van der Waals surface area (Å²) < 4.78 is 7.98. The van der Waals surface area contributed by atoms with Crippen LogP contribution in [-0.4, -0.2) is 21.4 Å². The number of ether oxygens (including phenoxy) is 1. The fourth-order valence-electron chi connectivity index (χ4n) is 3.42. The van der Waals surface area contributed by atoms with Crippen molar-refractivity contribution in [1.29, 1.82) is 0 Å². The summed E-state index contributed by atoms with van der Waals surface area (Å²) >= 11 is 1.73. The molecule has 0 radical (unpaired) electrons. The lowest BCUT2D eigenvalue weighted by Gasteiger charge is -2.10. The van der Waals surface area contributed by atoms with E-state index in [9.17, 15) is 0 Å². The van der Waals surface area contributed by atoms with Gasteiger partial charge in [-0.3, -0.25) is 0 Å². The molecule has 3 aromatic carbocycles. The number of benzene rings is 3. The summed E-state index contributed by atoms with van der Waals surface area (Å²) in [6.45, 7) is 7.98. The Kier molecular flexibility index (Phi) is 6.38. The van der Waals surface area contributed by atoms with Crippen LogP contribution in [0, 0.1) is 5.92 Å². The molecule has 0 aliphatic rings. The van der Waals surface area contributed by atoms with Crippen molar-refractivity contribution in [1.82, 2.24) is 14.8 Å². The molecule has 0 aliphatic heterocycles. The summed E-state index contributed by atoms with van der Waals surface area (Å²) in [4.78, 5) is 0. The van der Waals surface area contributed by atoms with Crippen LogP contribution >= 0.6 is 11.8 Å². The first kappa shape index (κ1) is 20.5. The maximum absolute atomic E-state index is 5.80. The zero-order chi connectivity index (χ0) is 20.9. The molecule has 0 saturated carbocycles. The molecule has 5 heteroatoms. The Bertz CT molecular complexity index is 1110. The third-order valence-corrected chi connectivity index (χ3v) is 5.98. The first-order chi connectivity index (χ1) is 14.7. The van der Waals surface area contributed by atoms with Crippen molar-refractivity contribution in [3.8, 4) is 17.1 Å². The largest absolute Gasteiger partial charge is 0.493 e. The van der Waals surface area contributed by atoms with Crippen LogP contribution in [-0.2, 0) is 12.3 Å². The van der Waals surface area contributed by atoms with Crippen molar-refractivity contribution in [3.05, 3.63) is 72.3 Å². The second kappa shape index (κ2) is 9.35. The summed E-state index contributed by atoms with van der Waals surface area (Å²) in [6, 6.07) is 23.1. The van der Waals surface area contributed by atoms with E-state index in [1.165, 1.54) is 16.3 Å². The number of hydrogen-bond acceptors (Lipinski definition) is 4. The second-order valence-electron chi connectivity index (χ2n) is 7.71. The molecule has 0 bridgehead atoms. The van der Waals surface area contributed by atoms with Crippen molar-refractivity contribution < 1.29 is 4.74 Å². The van der Waals surface area contributed by atoms with Crippen LogP contribution in [0.25, 0.3) is 22.2 Å². The minimum Gasteiger partial charge on any atom is -0.493 e. The van der Waals surface area contributed by atoms with Gasteiger partial charge in [0.25, 0.3) is 0 Å². The molecule has 30 heavy (non-hydrogen) atoms. The molecule has 0 spiro atoms. The van der Waals surface area contributed by atoms with Crippen LogP contribution in [0.2, 0.25) is 0 Å². The Morgan fingerprint density at radius 1 is 0.933 bits per heavy atom. The van der Waals surface area contributed by atoms with E-state index in [0.29, 0.717) is 5.92 Å². The molecule has 0 saturated heterocycles. The Labute approximate surface area is 182 Å². The highest BCUT2D eigenvalue weighted by molar-refractivity contribution is 7.98. The average molecular weight is 418 g/mol. The van der Waals surface area contributed by atoms with Crippen LogP contribution in [0.3, 0.4) is 0 Å². The molecule has 1 heterocycles. The van der Waals surface area contributed by atoms with Crippen molar-refractivity contribution in [3.63, 3.8) is 0 Å². The number of nitrogens with zero attached hydrogens (tertiary/aromatic N) is 3. The van der Waals surface area contributed by atoms with Gasteiger partial charge in [0, 0.05) is 17.9 Å². The van der Waals surface area contributed by atoms with Crippen molar-refractivity contribution >= 4 is 22.5 Å². The molecular formula is C25H27N3OS. The van der Waals surface area contributed by atoms with Crippen LogP contribution < -0.4 is 4.74 Å². The normalized spacial score (nSPS) is 11.3. The van der Waals surface area contributed by atoms with Crippen LogP contribution in [0.15, 0.2) is 71.9 Å². The highest BCUT2D eigenvalue weighted by atomic mass is 32.2. The molecule has 0 fully saturated rings. The molecular weight excluding hydrogens is 390 g/mol. The van der Waals surface area contributed by atoms with Crippen molar-refractivity contribution in [2.45, 2.75) is 38.2 Å². The van der Waals surface area contributed by atoms with Gasteiger partial charge in [0.2, 0.25) is 0 Å². The molecule has 4 aromatic rings. The Hall–Kier alpha value is -2.79. The topological polar surface area (TPSA) is 39.9 Å². The van der Waals surface area contributed by atoms with Crippen LogP contribution in [0.1, 0.15) is 26.3 Å². The minimum absolute atomic E-state index is 0.509. The van der Waals surface area contributed by atoms with Gasteiger partial charge in [-0.05, 0) is 53.4 Å². The molecule has 0 aliphatic carbocycles. The minimum atomic E-state index is 0.509. The maximum Gasteiger partial charge on any atom is 0.191 e. The predicted molar refractivity (Wildman–Crippen MR) is 125 cm³/mol. The third-order valence-electron chi connectivity index (χ3n) is 4.97. The van der Waals surface area contributed by atoms with Gasteiger partial charge in [-0.1, -0.05) is 68.1 Å². The lowest BCUT2D eigenvalue weighted by Crippen LogP contribution is -2.04. The van der Waals surface area contributed by atoms with Gasteiger partial charge >= 0.3 is 0 Å². The quantitative estimate of drug-likeness (QED) is 0.309. The van der Waals surface area contributed by atoms with E-state index in [-0.39, 0.29) is 0 Å². The van der Waals surface area contributed by atoms with Gasteiger partial charge in [-0.15, -0.1) is 10.2 Å². The first-order valence-corrected chi connectivity index (χ1v) is 11.4. The lowest BCUT2D eigenvalue weighted by molar-refractivity contribution is 0.271. The summed E-state index contributed by atoms with van der Waals surface area (Å²) in [6.07, 6.45) is 0. The molecule has 0 atom stereocenters. The monoisotopic (exact) mass is 417 g/mol. The highest BCUT2D eigenvalue weighted by Crippen LogP contribution is 2.29. The fourth-order valence-corrected chi connectivity index (χ4v) is 4.42. The van der Waals surface area contributed by atoms with E-state index < -0.39 is 0 Å². The zero-order valence-corrected chi connectivity index (χ0v) is 18.5. The highest BCUT2D eigenvalue weighted by Gasteiger charge is 2.14. The lowest BCUT2D eigenvalue weighted by atomic mass is 10.1. The summed E-state index contributed by atoms with van der Waals surface area (Å²) in [5, 5.41) is 12.5. The fraction of sp³-hybridized carbons (Fsp3) is 0.280. The second-order valence-corrected chi connectivity index (χ2v) is 8.65. The molecule has 0 N–H and O–H groups in total. The predicted octanol–water partition coefficient (Wildman–Crippen LogP) is 6.45. The maximum atomic E-state index is 5.80. The number of fused-ring (bicyclic) bond motifs is 1. The van der Waals surface area contributed by atoms with E-state index in [1.54, 1.807) is 11.8 Å². The smallest absolute Gasteiger partial charge is 0.191 e. The molecule has 4 nitrogen and oxygen atoms in total. The molecule has 0 amide bonds.